The molecule has 126 valence electrons. The van der Waals surface area contributed by atoms with Crippen LogP contribution in [-0.2, 0) is 17.7 Å². The maximum atomic E-state index is 12.1. The average molecular weight is 345 g/mol. The van der Waals surface area contributed by atoms with E-state index in [-0.39, 0.29) is 12.1 Å². The van der Waals surface area contributed by atoms with Gasteiger partial charge in [-0.3, -0.25) is 0 Å². The van der Waals surface area contributed by atoms with E-state index in [1.54, 1.807) is 0 Å². The quantitative estimate of drug-likeness (QED) is 0.581. The zero-order valence-corrected chi connectivity index (χ0v) is 13.9. The summed E-state index contributed by atoms with van der Waals surface area (Å²) in [6, 6.07) is 9.68. The number of alkyl carbamates (subject to hydrolysis) is 1. The predicted molar refractivity (Wildman–Crippen MR) is 93.0 cm³/mol. The van der Waals surface area contributed by atoms with Gasteiger partial charge in [0, 0.05) is 11.4 Å². The van der Waals surface area contributed by atoms with Gasteiger partial charge in [-0.2, -0.15) is 4.99 Å². The van der Waals surface area contributed by atoms with Gasteiger partial charge in [0.2, 0.25) is 5.13 Å². The molecule has 1 aliphatic carbocycles. The number of nitrogens with one attached hydrogen (secondary N) is 1. The molecule has 1 amide bonds. The van der Waals surface area contributed by atoms with Crippen molar-refractivity contribution in [1.29, 1.82) is 0 Å². The smallest absolute Gasteiger partial charge is 0.408 e. The lowest BCUT2D eigenvalue weighted by molar-refractivity contribution is 0.0851. The van der Waals surface area contributed by atoms with Crippen molar-refractivity contribution < 1.29 is 9.53 Å². The van der Waals surface area contributed by atoms with E-state index in [2.05, 4.69) is 15.3 Å². The molecule has 0 aliphatic heterocycles. The van der Waals surface area contributed by atoms with Gasteiger partial charge in [0.05, 0.1) is 5.69 Å². The summed E-state index contributed by atoms with van der Waals surface area (Å²) < 4.78 is 5.54. The Kier molecular flexibility index (Phi) is 4.95. The highest BCUT2D eigenvalue weighted by atomic mass is 32.1. The summed E-state index contributed by atoms with van der Waals surface area (Å²) in [5.41, 5.74) is 12.6. The molecule has 0 saturated heterocycles. The summed E-state index contributed by atoms with van der Waals surface area (Å²) in [4.78, 5) is 21.5. The molecule has 0 saturated carbocycles. The Morgan fingerprint density at radius 1 is 1.38 bits per heavy atom. The summed E-state index contributed by atoms with van der Waals surface area (Å²) in [6.07, 6.45) is 1.78. The number of nitrogens with zero attached hydrogens (tertiary/aromatic N) is 2. The van der Waals surface area contributed by atoms with Gasteiger partial charge in [-0.25, -0.2) is 9.78 Å². The number of aryl methyl sites for hydroxylation is 1. The normalized spacial score (nSPS) is 16.1. The molecule has 0 radical (unpaired) electrons. The highest BCUT2D eigenvalue weighted by Crippen LogP contribution is 2.38. The van der Waals surface area contributed by atoms with Crippen LogP contribution < -0.4 is 16.8 Å². The molecular formula is C16H19N5O2S. The first-order chi connectivity index (χ1) is 11.6. The van der Waals surface area contributed by atoms with Crippen LogP contribution in [0.3, 0.4) is 0 Å². The van der Waals surface area contributed by atoms with Gasteiger partial charge in [-0.05, 0) is 24.8 Å². The topological polar surface area (TPSA) is 116 Å². The summed E-state index contributed by atoms with van der Waals surface area (Å²) in [5, 5.41) is 3.26. The third kappa shape index (κ3) is 4.02. The van der Waals surface area contributed by atoms with Crippen LogP contribution in [0, 0.1) is 0 Å². The van der Waals surface area contributed by atoms with Crippen LogP contribution in [0.15, 0.2) is 35.3 Å². The Bertz CT molecular complexity index is 740. The summed E-state index contributed by atoms with van der Waals surface area (Å²) in [7, 11) is 0. The van der Waals surface area contributed by atoms with Gasteiger partial charge in [-0.15, -0.1) is 0 Å². The molecule has 1 atom stereocenters. The molecule has 1 aliphatic rings. The highest BCUT2D eigenvalue weighted by molar-refractivity contribution is 7.15. The highest BCUT2D eigenvalue weighted by Gasteiger charge is 2.27. The van der Waals surface area contributed by atoms with Crippen molar-refractivity contribution in [2.45, 2.75) is 31.9 Å². The van der Waals surface area contributed by atoms with E-state index in [1.165, 1.54) is 11.3 Å². The van der Waals surface area contributed by atoms with Gasteiger partial charge in [-0.1, -0.05) is 41.7 Å². The van der Waals surface area contributed by atoms with E-state index in [9.17, 15) is 4.79 Å². The van der Waals surface area contributed by atoms with Crippen LogP contribution in [-0.4, -0.2) is 17.0 Å². The minimum Gasteiger partial charge on any atom is -0.440 e. The standard InChI is InChI=1S/C16H19N5O2S/c17-14(18)21-15-20-13-11(7-4-8-12(13)24-15)23-16(22)19-9-10-5-2-1-3-6-10/h1-3,5-6,11H,4,7-9H2,(H,19,22)(H4,17,18,20,21). The Hall–Kier alpha value is -2.61. The van der Waals surface area contributed by atoms with Crippen molar-refractivity contribution >= 4 is 28.5 Å². The van der Waals surface area contributed by atoms with E-state index < -0.39 is 6.09 Å². The molecule has 1 heterocycles. The predicted octanol–water partition coefficient (Wildman–Crippen LogP) is 2.35. The molecule has 0 fully saturated rings. The number of ether oxygens (including phenoxy) is 1. The monoisotopic (exact) mass is 345 g/mol. The number of rotatable bonds is 4. The number of aliphatic imine (C=N–C) groups is 1. The second-order valence-electron chi connectivity index (χ2n) is 5.47. The molecule has 1 aromatic carbocycles. The number of thiazole rings is 1. The van der Waals surface area contributed by atoms with Crippen LogP contribution in [0.4, 0.5) is 9.93 Å². The van der Waals surface area contributed by atoms with Gasteiger partial charge in [0.25, 0.3) is 0 Å². The van der Waals surface area contributed by atoms with Crippen LogP contribution in [0.5, 0.6) is 0 Å². The number of benzene rings is 1. The maximum absolute atomic E-state index is 12.1. The number of fused-ring (bicyclic) bond motifs is 1. The first-order valence-corrected chi connectivity index (χ1v) is 8.51. The largest absolute Gasteiger partial charge is 0.440 e. The van der Waals surface area contributed by atoms with E-state index in [0.717, 1.165) is 35.4 Å². The summed E-state index contributed by atoms with van der Waals surface area (Å²) in [6.45, 7) is 0.426. The summed E-state index contributed by atoms with van der Waals surface area (Å²) >= 11 is 1.43. The zero-order valence-electron chi connectivity index (χ0n) is 13.1. The molecule has 2 aromatic rings. The Morgan fingerprint density at radius 3 is 2.92 bits per heavy atom. The van der Waals surface area contributed by atoms with Crippen molar-refractivity contribution in [2.24, 2.45) is 16.5 Å². The van der Waals surface area contributed by atoms with Gasteiger partial charge in [0.1, 0.15) is 6.10 Å². The number of hydrogen-bond acceptors (Lipinski definition) is 5. The molecule has 24 heavy (non-hydrogen) atoms. The van der Waals surface area contributed by atoms with E-state index in [0.29, 0.717) is 11.7 Å². The van der Waals surface area contributed by atoms with Crippen molar-refractivity contribution in [3.63, 3.8) is 0 Å². The lowest BCUT2D eigenvalue weighted by atomic mass is 10.0. The van der Waals surface area contributed by atoms with Crippen molar-refractivity contribution in [2.75, 3.05) is 0 Å². The molecular weight excluding hydrogens is 326 g/mol. The van der Waals surface area contributed by atoms with Crippen LogP contribution >= 0.6 is 11.3 Å². The number of guanidine groups is 1. The Balaban J connectivity index is 1.63. The minimum atomic E-state index is -0.451. The second-order valence-corrected chi connectivity index (χ2v) is 6.53. The van der Waals surface area contributed by atoms with E-state index in [4.69, 9.17) is 16.2 Å². The van der Waals surface area contributed by atoms with Gasteiger partial charge >= 0.3 is 6.09 Å². The Labute approximate surface area is 143 Å². The molecule has 0 spiro atoms. The molecule has 5 N–H and O–H groups in total. The minimum absolute atomic E-state index is 0.0285. The third-order valence-corrected chi connectivity index (χ3v) is 4.67. The van der Waals surface area contributed by atoms with Crippen LogP contribution in [0.1, 0.15) is 35.1 Å². The fourth-order valence-electron chi connectivity index (χ4n) is 2.58. The molecule has 1 aromatic heterocycles. The number of amides is 1. The Morgan fingerprint density at radius 2 is 2.17 bits per heavy atom. The molecule has 1 unspecified atom stereocenters. The number of nitrogens with two attached hydrogens (primary N) is 2. The maximum Gasteiger partial charge on any atom is 0.408 e. The van der Waals surface area contributed by atoms with E-state index in [1.807, 2.05) is 30.3 Å². The lowest BCUT2D eigenvalue weighted by Gasteiger charge is -2.21. The second kappa shape index (κ2) is 7.31. The SMILES string of the molecule is NC(N)=Nc1nc2c(s1)CCCC2OC(=O)NCc1ccccc1. The number of carbonyl (C=O) groups excluding carboxylic acids is 1. The van der Waals surface area contributed by atoms with Gasteiger partial charge < -0.3 is 21.5 Å². The van der Waals surface area contributed by atoms with Crippen LogP contribution in [0.2, 0.25) is 0 Å². The fourth-order valence-corrected chi connectivity index (χ4v) is 3.62. The molecule has 3 rings (SSSR count). The van der Waals surface area contributed by atoms with Crippen LogP contribution in [0.25, 0.3) is 0 Å². The van der Waals surface area contributed by atoms with E-state index >= 15 is 0 Å². The number of aromatic nitrogens is 1. The van der Waals surface area contributed by atoms with Crippen molar-refractivity contribution in [1.82, 2.24) is 10.3 Å². The zero-order chi connectivity index (χ0) is 16.9. The number of hydrogen-bond donors (Lipinski definition) is 3. The molecule has 7 nitrogen and oxygen atoms in total. The van der Waals surface area contributed by atoms with Crippen molar-refractivity contribution in [3.05, 3.63) is 46.5 Å². The van der Waals surface area contributed by atoms with Gasteiger partial charge in [0.15, 0.2) is 5.96 Å². The lowest BCUT2D eigenvalue weighted by Crippen LogP contribution is -2.27. The summed E-state index contributed by atoms with van der Waals surface area (Å²) in [5.74, 6) is -0.0285. The molecule has 0 bridgehead atoms. The first kappa shape index (κ1) is 16.3. The van der Waals surface area contributed by atoms with Crippen molar-refractivity contribution in [3.8, 4) is 0 Å². The third-order valence-electron chi connectivity index (χ3n) is 3.65. The first-order valence-electron chi connectivity index (χ1n) is 7.69. The number of carbonyl (C=O) groups is 1. The fraction of sp³-hybridized carbons (Fsp3) is 0.312. The average Bonchev–Trinajstić information content (AvgIpc) is 2.96. The molecule has 8 heteroatoms.